The first-order valence-electron chi connectivity index (χ1n) is 8.19. The summed E-state index contributed by atoms with van der Waals surface area (Å²) in [5, 5.41) is 3.97. The second-order valence-corrected chi connectivity index (χ2v) is 6.38. The zero-order valence-corrected chi connectivity index (χ0v) is 14.8. The zero-order chi connectivity index (χ0) is 17.5. The fourth-order valence-corrected chi connectivity index (χ4v) is 2.23. The van der Waals surface area contributed by atoms with E-state index >= 15 is 0 Å². The van der Waals surface area contributed by atoms with Gasteiger partial charge in [-0.15, -0.1) is 0 Å². The Bertz CT molecular complexity index is 665. The Morgan fingerprint density at radius 1 is 1.33 bits per heavy atom. The van der Waals surface area contributed by atoms with Crippen molar-refractivity contribution in [2.24, 2.45) is 5.92 Å². The molecule has 1 aromatic carbocycles. The molecule has 0 atom stereocenters. The number of hydrogen-bond donors (Lipinski definition) is 0. The maximum atomic E-state index is 12.0. The minimum Gasteiger partial charge on any atom is -0.372 e. The van der Waals surface area contributed by atoms with Crippen LogP contribution in [0.25, 0.3) is 11.4 Å². The summed E-state index contributed by atoms with van der Waals surface area (Å²) in [6.45, 7) is 5.38. The molecule has 0 fully saturated rings. The Labute approximate surface area is 142 Å². The first-order valence-corrected chi connectivity index (χ1v) is 8.19. The van der Waals surface area contributed by atoms with Crippen molar-refractivity contribution in [2.45, 2.75) is 33.3 Å². The van der Waals surface area contributed by atoms with Crippen LogP contribution in [0, 0.1) is 5.92 Å². The highest BCUT2D eigenvalue weighted by atomic mass is 16.5. The van der Waals surface area contributed by atoms with E-state index in [2.05, 4.69) is 24.0 Å². The first-order chi connectivity index (χ1) is 11.5. The van der Waals surface area contributed by atoms with Crippen LogP contribution >= 0.6 is 0 Å². The molecular weight excluding hydrogens is 306 g/mol. The van der Waals surface area contributed by atoms with Crippen LogP contribution < -0.4 is 0 Å². The van der Waals surface area contributed by atoms with Gasteiger partial charge in [0, 0.05) is 31.8 Å². The summed E-state index contributed by atoms with van der Waals surface area (Å²) in [6.07, 6.45) is 2.16. The summed E-state index contributed by atoms with van der Waals surface area (Å²) in [7, 11) is 3.44. The van der Waals surface area contributed by atoms with E-state index in [0.29, 0.717) is 36.4 Å². The highest BCUT2D eigenvalue weighted by Crippen LogP contribution is 2.18. The van der Waals surface area contributed by atoms with Crippen LogP contribution in [0.15, 0.2) is 28.8 Å². The van der Waals surface area contributed by atoms with Crippen molar-refractivity contribution in [3.63, 3.8) is 0 Å². The van der Waals surface area contributed by atoms with Gasteiger partial charge in [0.1, 0.15) is 6.61 Å². The molecule has 0 aliphatic carbocycles. The van der Waals surface area contributed by atoms with Crippen LogP contribution in [0.3, 0.4) is 0 Å². The standard InChI is InChI=1S/C18H25N3O3/c1-13(2)7-6-10-23-12-16-19-17(20-24-16)14-8-5-9-15(11-14)18(22)21(3)4/h5,8-9,11,13H,6-7,10,12H2,1-4H3. The number of nitrogens with zero attached hydrogens (tertiary/aromatic N) is 3. The highest BCUT2D eigenvalue weighted by Gasteiger charge is 2.12. The molecule has 0 radical (unpaired) electrons. The first kappa shape index (κ1) is 18.1. The molecule has 0 unspecified atom stereocenters. The molecule has 0 aliphatic rings. The molecule has 6 heteroatoms. The molecule has 1 heterocycles. The molecule has 0 spiro atoms. The van der Waals surface area contributed by atoms with Crippen molar-refractivity contribution in [3.8, 4) is 11.4 Å². The lowest BCUT2D eigenvalue weighted by molar-refractivity contribution is 0.0827. The van der Waals surface area contributed by atoms with E-state index in [4.69, 9.17) is 9.26 Å². The van der Waals surface area contributed by atoms with Gasteiger partial charge in [-0.3, -0.25) is 4.79 Å². The third-order valence-electron chi connectivity index (χ3n) is 3.54. The predicted octanol–water partition coefficient (Wildman–Crippen LogP) is 3.39. The quantitative estimate of drug-likeness (QED) is 0.694. The number of ether oxygens (including phenoxy) is 1. The maximum absolute atomic E-state index is 12.0. The number of rotatable bonds is 8. The summed E-state index contributed by atoms with van der Waals surface area (Å²) in [5.41, 5.74) is 1.34. The van der Waals surface area contributed by atoms with Gasteiger partial charge < -0.3 is 14.2 Å². The molecule has 2 aromatic rings. The van der Waals surface area contributed by atoms with Gasteiger partial charge in [-0.1, -0.05) is 31.1 Å². The molecule has 6 nitrogen and oxygen atoms in total. The van der Waals surface area contributed by atoms with E-state index in [1.165, 1.54) is 4.90 Å². The van der Waals surface area contributed by atoms with Crippen molar-refractivity contribution >= 4 is 5.91 Å². The van der Waals surface area contributed by atoms with Crippen molar-refractivity contribution in [1.82, 2.24) is 15.0 Å². The number of carbonyl (C=O) groups excluding carboxylic acids is 1. The minimum absolute atomic E-state index is 0.0611. The maximum Gasteiger partial charge on any atom is 0.253 e. The smallest absolute Gasteiger partial charge is 0.253 e. The van der Waals surface area contributed by atoms with Crippen LogP contribution in [0.1, 0.15) is 42.9 Å². The van der Waals surface area contributed by atoms with Crippen LogP contribution in [0.4, 0.5) is 0 Å². The van der Waals surface area contributed by atoms with Gasteiger partial charge in [0.05, 0.1) is 0 Å². The average Bonchev–Trinajstić information content (AvgIpc) is 3.02. The molecule has 0 aliphatic heterocycles. The number of aromatic nitrogens is 2. The molecule has 130 valence electrons. The van der Waals surface area contributed by atoms with E-state index in [0.717, 1.165) is 18.4 Å². The molecule has 2 rings (SSSR count). The van der Waals surface area contributed by atoms with Gasteiger partial charge >= 0.3 is 0 Å². The minimum atomic E-state index is -0.0611. The Balaban J connectivity index is 1.95. The fourth-order valence-electron chi connectivity index (χ4n) is 2.23. The average molecular weight is 331 g/mol. The van der Waals surface area contributed by atoms with Gasteiger partial charge in [0.2, 0.25) is 5.82 Å². The molecule has 0 bridgehead atoms. The van der Waals surface area contributed by atoms with Gasteiger partial charge in [-0.05, 0) is 30.9 Å². The molecule has 1 amide bonds. The van der Waals surface area contributed by atoms with Gasteiger partial charge in [-0.2, -0.15) is 4.98 Å². The number of hydrogen-bond acceptors (Lipinski definition) is 5. The Hall–Kier alpha value is -2.21. The fraction of sp³-hybridized carbons (Fsp3) is 0.500. The summed E-state index contributed by atoms with van der Waals surface area (Å²) >= 11 is 0. The Morgan fingerprint density at radius 3 is 2.83 bits per heavy atom. The lowest BCUT2D eigenvalue weighted by atomic mass is 10.1. The Morgan fingerprint density at radius 2 is 2.12 bits per heavy atom. The van der Waals surface area contributed by atoms with Crippen molar-refractivity contribution < 1.29 is 14.1 Å². The third-order valence-corrected chi connectivity index (χ3v) is 3.54. The summed E-state index contributed by atoms with van der Waals surface area (Å²) in [6, 6.07) is 7.19. The lowest BCUT2D eigenvalue weighted by Gasteiger charge is -2.10. The topological polar surface area (TPSA) is 68.5 Å². The lowest BCUT2D eigenvalue weighted by Crippen LogP contribution is -2.21. The molecule has 1 aromatic heterocycles. The van der Waals surface area contributed by atoms with E-state index < -0.39 is 0 Å². The van der Waals surface area contributed by atoms with E-state index in [9.17, 15) is 4.79 Å². The van der Waals surface area contributed by atoms with Gasteiger partial charge in [0.25, 0.3) is 11.8 Å². The van der Waals surface area contributed by atoms with Crippen LogP contribution in [0.2, 0.25) is 0 Å². The monoisotopic (exact) mass is 331 g/mol. The number of carbonyl (C=O) groups is 1. The van der Waals surface area contributed by atoms with E-state index in [-0.39, 0.29) is 5.91 Å². The second-order valence-electron chi connectivity index (χ2n) is 6.38. The molecule has 0 N–H and O–H groups in total. The molecule has 24 heavy (non-hydrogen) atoms. The van der Waals surface area contributed by atoms with Crippen LogP contribution in [0.5, 0.6) is 0 Å². The molecular formula is C18H25N3O3. The van der Waals surface area contributed by atoms with Crippen molar-refractivity contribution in [2.75, 3.05) is 20.7 Å². The van der Waals surface area contributed by atoms with Gasteiger partial charge in [0.15, 0.2) is 0 Å². The SMILES string of the molecule is CC(C)CCCOCc1nc(-c2cccc(C(=O)N(C)C)c2)no1. The second kappa shape index (κ2) is 8.59. The highest BCUT2D eigenvalue weighted by molar-refractivity contribution is 5.94. The molecule has 0 saturated heterocycles. The largest absolute Gasteiger partial charge is 0.372 e. The van der Waals surface area contributed by atoms with E-state index in [1.54, 1.807) is 26.2 Å². The summed E-state index contributed by atoms with van der Waals surface area (Å²) in [4.78, 5) is 17.9. The summed E-state index contributed by atoms with van der Waals surface area (Å²) in [5.74, 6) is 1.53. The number of amides is 1. The van der Waals surface area contributed by atoms with Crippen LogP contribution in [-0.4, -0.2) is 41.6 Å². The number of benzene rings is 1. The zero-order valence-electron chi connectivity index (χ0n) is 14.8. The van der Waals surface area contributed by atoms with Gasteiger partial charge in [-0.25, -0.2) is 0 Å². The Kier molecular flexibility index (Phi) is 6.49. The van der Waals surface area contributed by atoms with Crippen LogP contribution in [-0.2, 0) is 11.3 Å². The van der Waals surface area contributed by atoms with E-state index in [1.807, 2.05) is 12.1 Å². The molecule has 0 saturated carbocycles. The van der Waals surface area contributed by atoms with Crippen molar-refractivity contribution in [1.29, 1.82) is 0 Å². The summed E-state index contributed by atoms with van der Waals surface area (Å²) < 4.78 is 10.8. The third kappa shape index (κ3) is 5.16. The van der Waals surface area contributed by atoms with Crippen molar-refractivity contribution in [3.05, 3.63) is 35.7 Å². The predicted molar refractivity (Wildman–Crippen MR) is 91.5 cm³/mol. The normalized spacial score (nSPS) is 11.0.